The molecule has 0 radical (unpaired) electrons. The zero-order chi connectivity index (χ0) is 8.20. The Kier molecular flexibility index (Phi) is 3.89. The number of aliphatic hydroxyl groups excluding tert-OH is 1. The molecule has 0 amide bonds. The molecule has 0 saturated heterocycles. The molecule has 62 valence electrons. The van der Waals surface area contributed by atoms with Gasteiger partial charge in [-0.2, -0.15) is 0 Å². The molecule has 3 nitrogen and oxygen atoms in total. The Morgan fingerprint density at radius 3 is 2.30 bits per heavy atom. The Morgan fingerprint density at radius 2 is 2.00 bits per heavy atom. The van der Waals surface area contributed by atoms with E-state index in [0.29, 0.717) is 12.8 Å². The highest BCUT2D eigenvalue weighted by Crippen LogP contribution is 1.97. The second-order valence-electron chi connectivity index (χ2n) is 2.62. The molecule has 0 aliphatic rings. The van der Waals surface area contributed by atoms with Crippen LogP contribution in [0.5, 0.6) is 0 Å². The van der Waals surface area contributed by atoms with Gasteiger partial charge >= 0.3 is 0 Å². The van der Waals surface area contributed by atoms with E-state index in [0.717, 1.165) is 0 Å². The van der Waals surface area contributed by atoms with Gasteiger partial charge in [0.1, 0.15) is 9.84 Å². The minimum Gasteiger partial charge on any atom is -0.393 e. The van der Waals surface area contributed by atoms with Crippen molar-refractivity contribution >= 4 is 9.84 Å². The second-order valence-corrected chi connectivity index (χ2v) is 4.88. The first-order valence-corrected chi connectivity index (χ1v) is 5.33. The van der Waals surface area contributed by atoms with Crippen molar-refractivity contribution in [3.8, 4) is 0 Å². The summed E-state index contributed by atoms with van der Waals surface area (Å²) in [5, 5.41) is 8.75. The fourth-order valence-corrected chi connectivity index (χ4v) is 1.33. The lowest BCUT2D eigenvalue weighted by Crippen LogP contribution is -2.06. The van der Waals surface area contributed by atoms with Crippen molar-refractivity contribution in [2.45, 2.75) is 25.9 Å². The van der Waals surface area contributed by atoms with Crippen LogP contribution in [0, 0.1) is 0 Å². The van der Waals surface area contributed by atoms with E-state index in [1.165, 1.54) is 6.26 Å². The van der Waals surface area contributed by atoms with E-state index in [1.54, 1.807) is 6.92 Å². The second kappa shape index (κ2) is 3.93. The van der Waals surface area contributed by atoms with Gasteiger partial charge in [-0.25, -0.2) is 8.42 Å². The molecule has 1 atom stereocenters. The predicted molar refractivity (Wildman–Crippen MR) is 40.6 cm³/mol. The van der Waals surface area contributed by atoms with Crippen molar-refractivity contribution in [1.82, 2.24) is 0 Å². The highest BCUT2D eigenvalue weighted by molar-refractivity contribution is 7.90. The fourth-order valence-electron chi connectivity index (χ4n) is 0.641. The lowest BCUT2D eigenvalue weighted by molar-refractivity contribution is 0.184. The van der Waals surface area contributed by atoms with Gasteiger partial charge in [0.15, 0.2) is 0 Å². The van der Waals surface area contributed by atoms with Gasteiger partial charge in [0, 0.05) is 12.0 Å². The van der Waals surface area contributed by atoms with E-state index in [-0.39, 0.29) is 11.9 Å². The minimum atomic E-state index is -2.83. The summed E-state index contributed by atoms with van der Waals surface area (Å²) in [5.74, 6) is 0.178. The molecule has 1 N–H and O–H groups in total. The first kappa shape index (κ1) is 9.91. The lowest BCUT2D eigenvalue weighted by atomic mass is 10.2. The molecule has 0 aromatic heterocycles. The van der Waals surface area contributed by atoms with Crippen molar-refractivity contribution < 1.29 is 13.5 Å². The zero-order valence-corrected chi connectivity index (χ0v) is 7.19. The molecular formula is C6H14O3S. The van der Waals surface area contributed by atoms with Gasteiger partial charge in [-0.3, -0.25) is 0 Å². The molecule has 10 heavy (non-hydrogen) atoms. The number of rotatable bonds is 4. The van der Waals surface area contributed by atoms with Crippen LogP contribution in [-0.2, 0) is 9.84 Å². The van der Waals surface area contributed by atoms with Gasteiger partial charge in [-0.1, -0.05) is 0 Å². The van der Waals surface area contributed by atoms with Crippen LogP contribution in [0.4, 0.5) is 0 Å². The smallest absolute Gasteiger partial charge is 0.147 e. The molecular weight excluding hydrogens is 152 g/mol. The summed E-state index contributed by atoms with van der Waals surface area (Å²) in [6.45, 7) is 1.66. The molecule has 0 aliphatic carbocycles. The number of aliphatic hydroxyl groups is 1. The fraction of sp³-hybridized carbons (Fsp3) is 1.00. The molecule has 0 fully saturated rings. The van der Waals surface area contributed by atoms with E-state index >= 15 is 0 Å². The number of sulfone groups is 1. The van der Waals surface area contributed by atoms with Crippen LogP contribution in [0.3, 0.4) is 0 Å². The highest BCUT2D eigenvalue weighted by Gasteiger charge is 2.02. The van der Waals surface area contributed by atoms with E-state index in [9.17, 15) is 8.42 Å². The van der Waals surface area contributed by atoms with Crippen LogP contribution in [0.25, 0.3) is 0 Å². The van der Waals surface area contributed by atoms with E-state index < -0.39 is 9.84 Å². The average Bonchev–Trinajstić information content (AvgIpc) is 1.59. The van der Waals surface area contributed by atoms with Gasteiger partial charge in [0.25, 0.3) is 0 Å². The van der Waals surface area contributed by atoms with E-state index in [4.69, 9.17) is 5.11 Å². The summed E-state index contributed by atoms with van der Waals surface area (Å²) < 4.78 is 21.1. The van der Waals surface area contributed by atoms with Crippen molar-refractivity contribution in [2.24, 2.45) is 0 Å². The van der Waals surface area contributed by atoms with Gasteiger partial charge < -0.3 is 5.11 Å². The van der Waals surface area contributed by atoms with Crippen LogP contribution >= 0.6 is 0 Å². The van der Waals surface area contributed by atoms with Gasteiger partial charge in [-0.05, 0) is 19.8 Å². The quantitative estimate of drug-likeness (QED) is 0.648. The predicted octanol–water partition coefficient (Wildman–Crippen LogP) is 0.192. The minimum absolute atomic E-state index is 0.178. The van der Waals surface area contributed by atoms with E-state index in [2.05, 4.69) is 0 Å². The third-order valence-corrected chi connectivity index (χ3v) is 2.17. The maximum absolute atomic E-state index is 10.5. The Balaban J connectivity index is 3.39. The zero-order valence-electron chi connectivity index (χ0n) is 6.37. The normalized spacial score (nSPS) is 15.1. The van der Waals surface area contributed by atoms with Crippen LogP contribution in [0.2, 0.25) is 0 Å². The summed E-state index contributed by atoms with van der Waals surface area (Å²) in [5.41, 5.74) is 0. The van der Waals surface area contributed by atoms with Gasteiger partial charge in [0.05, 0.1) is 6.10 Å². The molecule has 4 heteroatoms. The van der Waals surface area contributed by atoms with Crippen molar-refractivity contribution in [3.63, 3.8) is 0 Å². The third-order valence-electron chi connectivity index (χ3n) is 1.14. The monoisotopic (exact) mass is 166 g/mol. The average molecular weight is 166 g/mol. The Bertz CT molecular complexity index is 169. The number of hydrogen-bond donors (Lipinski definition) is 1. The first-order valence-electron chi connectivity index (χ1n) is 3.27. The molecule has 0 rings (SSSR count). The highest BCUT2D eigenvalue weighted by atomic mass is 32.2. The van der Waals surface area contributed by atoms with Crippen molar-refractivity contribution in [1.29, 1.82) is 0 Å². The SMILES string of the molecule is C[C@H](O)CCCS(C)(=O)=O. The largest absolute Gasteiger partial charge is 0.393 e. The lowest BCUT2D eigenvalue weighted by Gasteiger charge is -2.01. The van der Waals surface area contributed by atoms with Crippen LogP contribution in [-0.4, -0.2) is 31.6 Å². The molecule has 0 aromatic carbocycles. The summed E-state index contributed by atoms with van der Waals surface area (Å²) in [4.78, 5) is 0. The molecule has 0 aliphatic heterocycles. The van der Waals surface area contributed by atoms with Crippen LogP contribution in [0.1, 0.15) is 19.8 Å². The summed E-state index contributed by atoms with van der Waals surface area (Å²) in [6.07, 6.45) is 1.93. The van der Waals surface area contributed by atoms with Crippen LogP contribution in [0.15, 0.2) is 0 Å². The van der Waals surface area contributed by atoms with Crippen LogP contribution < -0.4 is 0 Å². The van der Waals surface area contributed by atoms with Crippen molar-refractivity contribution in [3.05, 3.63) is 0 Å². The first-order chi connectivity index (χ1) is 4.42. The molecule has 0 aromatic rings. The molecule has 0 saturated carbocycles. The maximum Gasteiger partial charge on any atom is 0.147 e. The molecule has 0 spiro atoms. The molecule has 0 heterocycles. The Labute approximate surface area is 62.0 Å². The summed E-state index contributed by atoms with van der Waals surface area (Å²) in [6, 6.07) is 0. The standard InChI is InChI=1S/C6H14O3S/c1-6(7)4-3-5-10(2,8)9/h6-7H,3-5H2,1-2H3/t6-/m0/s1. The van der Waals surface area contributed by atoms with Crippen molar-refractivity contribution in [2.75, 3.05) is 12.0 Å². The van der Waals surface area contributed by atoms with E-state index in [1.807, 2.05) is 0 Å². The molecule has 0 bridgehead atoms. The summed E-state index contributed by atoms with van der Waals surface area (Å²) in [7, 11) is -2.83. The maximum atomic E-state index is 10.5. The Hall–Kier alpha value is -0.0900. The Morgan fingerprint density at radius 1 is 1.50 bits per heavy atom. The van der Waals surface area contributed by atoms with Gasteiger partial charge in [-0.15, -0.1) is 0 Å². The number of hydrogen-bond acceptors (Lipinski definition) is 3. The molecule has 0 unspecified atom stereocenters. The summed E-state index contributed by atoms with van der Waals surface area (Å²) >= 11 is 0. The van der Waals surface area contributed by atoms with Gasteiger partial charge in [0.2, 0.25) is 0 Å². The topological polar surface area (TPSA) is 54.4 Å². The third kappa shape index (κ3) is 7.91.